The van der Waals surface area contributed by atoms with E-state index >= 15 is 0 Å². The molecular formula is C26H29Cl2NOS. The molecule has 31 heavy (non-hydrogen) atoms. The summed E-state index contributed by atoms with van der Waals surface area (Å²) in [5.41, 5.74) is 2.63. The van der Waals surface area contributed by atoms with Gasteiger partial charge in [0.25, 0.3) is 0 Å². The summed E-state index contributed by atoms with van der Waals surface area (Å²) in [5.74, 6) is 3.23. The Balaban J connectivity index is 1.35. The largest absolute Gasteiger partial charge is 0.299 e. The zero-order valence-corrected chi connectivity index (χ0v) is 20.5. The van der Waals surface area contributed by atoms with Gasteiger partial charge >= 0.3 is 0 Å². The van der Waals surface area contributed by atoms with Crippen LogP contribution in [0.2, 0.25) is 10.0 Å². The third-order valence-electron chi connectivity index (χ3n) is 9.63. The van der Waals surface area contributed by atoms with Crippen LogP contribution in [0.5, 0.6) is 0 Å². The minimum absolute atomic E-state index is 0.0340. The van der Waals surface area contributed by atoms with Gasteiger partial charge in [0.1, 0.15) is 10.8 Å². The molecule has 5 heteroatoms. The lowest BCUT2D eigenvalue weighted by atomic mass is 9.46. The normalized spacial score (nSPS) is 38.9. The van der Waals surface area contributed by atoms with Crippen LogP contribution >= 0.6 is 34.5 Å². The van der Waals surface area contributed by atoms with Crippen LogP contribution in [0.4, 0.5) is 0 Å². The monoisotopic (exact) mass is 473 g/mol. The van der Waals surface area contributed by atoms with Crippen LogP contribution in [0.25, 0.3) is 10.6 Å². The molecule has 6 atom stereocenters. The van der Waals surface area contributed by atoms with Crippen LogP contribution in [-0.2, 0) is 11.2 Å². The second-order valence-electron chi connectivity index (χ2n) is 10.9. The number of carbonyl (C=O) groups excluding carboxylic acids is 1. The van der Waals surface area contributed by atoms with E-state index in [1.54, 1.807) is 6.07 Å². The molecule has 2 aromatic rings. The summed E-state index contributed by atoms with van der Waals surface area (Å²) < 4.78 is 0. The van der Waals surface area contributed by atoms with Gasteiger partial charge in [0, 0.05) is 38.2 Å². The van der Waals surface area contributed by atoms with Gasteiger partial charge in [-0.2, -0.15) is 0 Å². The number of hydrogen-bond donors (Lipinski definition) is 0. The van der Waals surface area contributed by atoms with Crippen molar-refractivity contribution in [2.75, 3.05) is 0 Å². The van der Waals surface area contributed by atoms with Crippen molar-refractivity contribution in [1.82, 2.24) is 4.98 Å². The zero-order chi connectivity index (χ0) is 21.5. The van der Waals surface area contributed by atoms with E-state index in [9.17, 15) is 4.79 Å². The molecule has 164 valence electrons. The molecule has 2 nitrogen and oxygen atoms in total. The predicted molar refractivity (Wildman–Crippen MR) is 128 cm³/mol. The molecule has 0 bridgehead atoms. The Morgan fingerprint density at radius 2 is 1.74 bits per heavy atom. The molecule has 0 aliphatic heterocycles. The van der Waals surface area contributed by atoms with Crippen molar-refractivity contribution < 1.29 is 4.79 Å². The molecule has 3 fully saturated rings. The maximum Gasteiger partial charge on any atom is 0.139 e. The van der Waals surface area contributed by atoms with Crippen molar-refractivity contribution in [2.45, 2.75) is 71.1 Å². The first-order valence-electron chi connectivity index (χ1n) is 11.8. The lowest BCUT2D eigenvalue weighted by molar-refractivity contribution is -0.134. The van der Waals surface area contributed by atoms with Gasteiger partial charge in [0.15, 0.2) is 0 Å². The van der Waals surface area contributed by atoms with Gasteiger partial charge in [-0.25, -0.2) is 4.98 Å². The van der Waals surface area contributed by atoms with E-state index in [0.29, 0.717) is 33.1 Å². The summed E-state index contributed by atoms with van der Waals surface area (Å²) in [6.45, 7) is 4.84. The minimum atomic E-state index is -0.0340. The number of halogens is 2. The highest BCUT2D eigenvalue weighted by Crippen LogP contribution is 2.67. The molecule has 6 rings (SSSR count). The number of ketones is 1. The summed E-state index contributed by atoms with van der Waals surface area (Å²) in [7, 11) is 0. The Bertz CT molecular complexity index is 1060. The SMILES string of the molecule is C[C@]12CCc3nc(-c4cc(Cl)cc(Cl)c4)sc3C1CC[C@@H]1[C@@H]2CC[C@]2(C)C(=O)CC[C@@H]12. The van der Waals surface area contributed by atoms with Gasteiger partial charge in [0.05, 0.1) is 5.69 Å². The topological polar surface area (TPSA) is 30.0 Å². The van der Waals surface area contributed by atoms with Gasteiger partial charge in [-0.15, -0.1) is 11.3 Å². The standard InChI is InChI=1S/C26H29Cl2NOS/c1-25-10-8-21-23(31-24(29-21)14-11-15(27)13-16(28)12-14)20(25)4-3-17-18-5-6-22(30)26(18,2)9-7-19(17)25/h11-13,17-20H,3-10H2,1-2H3/t17-,18-,19-,20?,25+,26-/m0/s1. The fourth-order valence-electron chi connectivity index (χ4n) is 8.02. The first-order valence-corrected chi connectivity index (χ1v) is 13.4. The van der Waals surface area contributed by atoms with Gasteiger partial charge in [-0.3, -0.25) is 4.79 Å². The van der Waals surface area contributed by atoms with Crippen molar-refractivity contribution in [2.24, 2.45) is 28.6 Å². The van der Waals surface area contributed by atoms with Gasteiger partial charge in [0.2, 0.25) is 0 Å². The highest BCUT2D eigenvalue weighted by molar-refractivity contribution is 7.15. The number of carbonyl (C=O) groups is 1. The maximum atomic E-state index is 12.7. The average molecular weight is 474 g/mol. The maximum absolute atomic E-state index is 12.7. The number of aromatic nitrogens is 1. The number of aryl methyl sites for hydroxylation is 1. The average Bonchev–Trinajstić information content (AvgIpc) is 3.28. The molecule has 1 heterocycles. The van der Waals surface area contributed by atoms with E-state index in [1.165, 1.54) is 36.3 Å². The second-order valence-corrected chi connectivity index (χ2v) is 12.8. The van der Waals surface area contributed by atoms with E-state index in [2.05, 4.69) is 13.8 Å². The molecular weight excluding hydrogens is 445 g/mol. The molecule has 0 saturated heterocycles. The van der Waals surface area contributed by atoms with E-state index in [0.717, 1.165) is 48.1 Å². The minimum Gasteiger partial charge on any atom is -0.299 e. The van der Waals surface area contributed by atoms with Crippen LogP contribution in [0, 0.1) is 28.6 Å². The highest BCUT2D eigenvalue weighted by Gasteiger charge is 2.60. The van der Waals surface area contributed by atoms with E-state index in [-0.39, 0.29) is 5.41 Å². The summed E-state index contributed by atoms with van der Waals surface area (Å²) in [6, 6.07) is 5.74. The number of nitrogens with zero attached hydrogens (tertiary/aromatic N) is 1. The summed E-state index contributed by atoms with van der Waals surface area (Å²) >= 11 is 14.4. The molecule has 0 spiro atoms. The molecule has 4 aliphatic carbocycles. The predicted octanol–water partition coefficient (Wildman–Crippen LogP) is 7.96. The Kier molecular flexibility index (Phi) is 4.70. The molecule has 4 aliphatic rings. The summed E-state index contributed by atoms with van der Waals surface area (Å²) in [6.07, 6.45) is 9.07. The van der Waals surface area contributed by atoms with E-state index in [1.807, 2.05) is 23.5 Å². The Labute approximate surface area is 198 Å². The fraction of sp³-hybridized carbons (Fsp3) is 0.615. The van der Waals surface area contributed by atoms with Crippen LogP contribution in [0.3, 0.4) is 0 Å². The number of benzene rings is 1. The third-order valence-corrected chi connectivity index (χ3v) is 11.3. The Morgan fingerprint density at radius 3 is 2.52 bits per heavy atom. The van der Waals surface area contributed by atoms with Crippen molar-refractivity contribution in [3.8, 4) is 10.6 Å². The molecule has 1 unspecified atom stereocenters. The molecule has 1 aromatic carbocycles. The third kappa shape index (κ3) is 2.95. The Hall–Kier alpha value is -0.900. The smallest absolute Gasteiger partial charge is 0.139 e. The summed E-state index contributed by atoms with van der Waals surface area (Å²) in [5, 5.41) is 2.38. The molecule has 1 aromatic heterocycles. The van der Waals surface area contributed by atoms with Crippen LogP contribution in [0.15, 0.2) is 18.2 Å². The Morgan fingerprint density at radius 1 is 0.968 bits per heavy atom. The highest BCUT2D eigenvalue weighted by atomic mass is 35.5. The first kappa shape index (κ1) is 20.7. The molecule has 0 radical (unpaired) electrons. The number of Topliss-reactive ketones (excluding diaryl/α,β-unsaturated/α-hetero) is 1. The van der Waals surface area contributed by atoms with Crippen molar-refractivity contribution in [3.63, 3.8) is 0 Å². The molecule has 0 amide bonds. The van der Waals surface area contributed by atoms with Crippen molar-refractivity contribution in [3.05, 3.63) is 38.8 Å². The van der Waals surface area contributed by atoms with Crippen LogP contribution in [0.1, 0.15) is 75.3 Å². The van der Waals surface area contributed by atoms with Gasteiger partial charge in [-0.1, -0.05) is 37.0 Å². The van der Waals surface area contributed by atoms with Crippen LogP contribution < -0.4 is 0 Å². The summed E-state index contributed by atoms with van der Waals surface area (Å²) in [4.78, 5) is 19.3. The molecule has 3 saturated carbocycles. The van der Waals surface area contributed by atoms with Crippen molar-refractivity contribution >= 4 is 40.3 Å². The van der Waals surface area contributed by atoms with Gasteiger partial charge < -0.3 is 0 Å². The van der Waals surface area contributed by atoms with E-state index in [4.69, 9.17) is 28.2 Å². The first-order chi connectivity index (χ1) is 14.8. The number of rotatable bonds is 1. The van der Waals surface area contributed by atoms with Gasteiger partial charge in [-0.05, 0) is 86.3 Å². The molecule has 0 N–H and O–H groups in total. The number of hydrogen-bond acceptors (Lipinski definition) is 3. The van der Waals surface area contributed by atoms with Crippen LogP contribution in [-0.4, -0.2) is 10.8 Å². The van der Waals surface area contributed by atoms with Crippen molar-refractivity contribution in [1.29, 1.82) is 0 Å². The zero-order valence-electron chi connectivity index (χ0n) is 18.2. The quantitative estimate of drug-likeness (QED) is 0.420. The lowest BCUT2D eigenvalue weighted by Crippen LogP contribution is -2.52. The second kappa shape index (κ2) is 7.05. The van der Waals surface area contributed by atoms with E-state index < -0.39 is 0 Å². The number of fused-ring (bicyclic) bond motifs is 7. The lowest BCUT2D eigenvalue weighted by Gasteiger charge is -2.59. The number of thiazole rings is 1. The fourth-order valence-corrected chi connectivity index (χ4v) is 9.94.